The number of nitrogens with zero attached hydrogens (tertiary/aromatic N) is 1. The summed E-state index contributed by atoms with van der Waals surface area (Å²) in [5.74, 6) is 0.129. The van der Waals surface area contributed by atoms with Gasteiger partial charge in [-0.2, -0.15) is 0 Å². The van der Waals surface area contributed by atoms with Gasteiger partial charge in [0.1, 0.15) is 0 Å². The van der Waals surface area contributed by atoms with E-state index in [4.69, 9.17) is 4.74 Å². The van der Waals surface area contributed by atoms with Gasteiger partial charge < -0.3 is 9.84 Å². The second-order valence-corrected chi connectivity index (χ2v) is 6.54. The number of thioether (sulfide) groups is 1. The van der Waals surface area contributed by atoms with Crippen LogP contribution in [-0.2, 0) is 4.79 Å². The van der Waals surface area contributed by atoms with Crippen LogP contribution in [0.3, 0.4) is 0 Å². The van der Waals surface area contributed by atoms with Gasteiger partial charge in [-0.3, -0.25) is 14.5 Å². The highest BCUT2D eigenvalue weighted by atomic mass is 127. The maximum Gasteiger partial charge on any atom is 0.293 e. The molecule has 5 nitrogen and oxygen atoms in total. The minimum Gasteiger partial charge on any atom is -0.504 e. The van der Waals surface area contributed by atoms with Gasteiger partial charge >= 0.3 is 0 Å². The first kappa shape index (κ1) is 16.2. The van der Waals surface area contributed by atoms with E-state index in [2.05, 4.69) is 0 Å². The molecule has 1 saturated heterocycles. The number of phenolic OH excluding ortho intramolecular Hbond substituents is 1. The van der Waals surface area contributed by atoms with Gasteiger partial charge in [-0.25, -0.2) is 0 Å². The third-order valence-corrected chi connectivity index (χ3v) is 4.62. The van der Waals surface area contributed by atoms with E-state index < -0.39 is 0 Å². The highest BCUT2D eigenvalue weighted by molar-refractivity contribution is 14.1. The SMILES string of the molecule is CCCN1C(=O)S/C(=C/c2cc(I)c(O)c(OC)c2)C1=O. The van der Waals surface area contributed by atoms with E-state index in [1.54, 1.807) is 18.2 Å². The van der Waals surface area contributed by atoms with Crippen LogP contribution in [0.25, 0.3) is 6.08 Å². The van der Waals surface area contributed by atoms with E-state index in [9.17, 15) is 14.7 Å². The molecule has 0 aliphatic carbocycles. The molecule has 1 aromatic rings. The van der Waals surface area contributed by atoms with E-state index >= 15 is 0 Å². The number of halogens is 1. The molecule has 1 aliphatic heterocycles. The largest absolute Gasteiger partial charge is 0.504 e. The molecule has 0 unspecified atom stereocenters. The van der Waals surface area contributed by atoms with E-state index in [1.165, 1.54) is 12.0 Å². The summed E-state index contributed by atoms with van der Waals surface area (Å²) < 4.78 is 5.70. The monoisotopic (exact) mass is 419 g/mol. The van der Waals surface area contributed by atoms with Crippen molar-refractivity contribution in [1.29, 1.82) is 0 Å². The van der Waals surface area contributed by atoms with Crippen molar-refractivity contribution in [2.75, 3.05) is 13.7 Å². The standard InChI is InChI=1S/C14H14INO4S/c1-3-4-16-13(18)11(21-14(16)19)7-8-5-9(15)12(17)10(6-8)20-2/h5-7,17H,3-4H2,1-2H3/b11-7+. The summed E-state index contributed by atoms with van der Waals surface area (Å²) >= 11 is 2.92. The Morgan fingerprint density at radius 1 is 1.43 bits per heavy atom. The Hall–Kier alpha value is -1.22. The van der Waals surface area contributed by atoms with Crippen molar-refractivity contribution in [3.8, 4) is 11.5 Å². The lowest BCUT2D eigenvalue weighted by atomic mass is 10.2. The first-order valence-corrected chi connectivity index (χ1v) is 8.19. The number of aromatic hydroxyl groups is 1. The molecule has 1 aromatic carbocycles. The molecule has 0 saturated carbocycles. The molecule has 1 aliphatic rings. The maximum absolute atomic E-state index is 12.2. The number of carbonyl (C=O) groups is 2. The van der Waals surface area contributed by atoms with Gasteiger partial charge in [0, 0.05) is 6.54 Å². The number of carbonyl (C=O) groups excluding carboxylic acids is 2. The van der Waals surface area contributed by atoms with Gasteiger partial charge in [0.15, 0.2) is 11.5 Å². The van der Waals surface area contributed by atoms with Crippen molar-refractivity contribution in [3.05, 3.63) is 26.2 Å². The maximum atomic E-state index is 12.2. The van der Waals surface area contributed by atoms with Crippen molar-refractivity contribution in [2.45, 2.75) is 13.3 Å². The number of ether oxygens (including phenoxy) is 1. The molecule has 2 rings (SSSR count). The van der Waals surface area contributed by atoms with Gasteiger partial charge in [-0.05, 0) is 64.5 Å². The number of rotatable bonds is 4. The lowest BCUT2D eigenvalue weighted by Crippen LogP contribution is -2.28. The lowest BCUT2D eigenvalue weighted by Gasteiger charge is -2.09. The summed E-state index contributed by atoms with van der Waals surface area (Å²) in [6.45, 7) is 2.35. The zero-order valence-corrected chi connectivity index (χ0v) is 14.5. The van der Waals surface area contributed by atoms with Crippen molar-refractivity contribution in [2.24, 2.45) is 0 Å². The summed E-state index contributed by atoms with van der Waals surface area (Å²) in [5.41, 5.74) is 0.705. The number of hydrogen-bond donors (Lipinski definition) is 1. The molecular weight excluding hydrogens is 405 g/mol. The molecule has 2 amide bonds. The molecule has 0 spiro atoms. The Kier molecular flexibility index (Phi) is 5.15. The van der Waals surface area contributed by atoms with E-state index in [1.807, 2.05) is 29.5 Å². The topological polar surface area (TPSA) is 66.8 Å². The van der Waals surface area contributed by atoms with Crippen LogP contribution in [0.2, 0.25) is 0 Å². The van der Waals surface area contributed by atoms with E-state index in [-0.39, 0.29) is 16.9 Å². The molecule has 1 fully saturated rings. The van der Waals surface area contributed by atoms with Crippen molar-refractivity contribution in [1.82, 2.24) is 4.90 Å². The number of phenols is 1. The molecule has 112 valence electrons. The number of imide groups is 1. The summed E-state index contributed by atoms with van der Waals surface area (Å²) in [6.07, 6.45) is 2.38. The smallest absolute Gasteiger partial charge is 0.293 e. The molecular formula is C14H14INO4S. The summed E-state index contributed by atoms with van der Waals surface area (Å²) in [5, 5.41) is 9.56. The van der Waals surface area contributed by atoms with Crippen molar-refractivity contribution < 1.29 is 19.4 Å². The van der Waals surface area contributed by atoms with Gasteiger partial charge in [0.2, 0.25) is 0 Å². The Labute approximate surface area is 140 Å². The third kappa shape index (κ3) is 3.34. The average molecular weight is 419 g/mol. The fraction of sp³-hybridized carbons (Fsp3) is 0.286. The molecule has 0 radical (unpaired) electrons. The molecule has 7 heteroatoms. The lowest BCUT2D eigenvalue weighted by molar-refractivity contribution is -0.122. The van der Waals surface area contributed by atoms with Crippen LogP contribution in [0.5, 0.6) is 11.5 Å². The third-order valence-electron chi connectivity index (χ3n) is 2.89. The van der Waals surface area contributed by atoms with Crippen molar-refractivity contribution in [3.63, 3.8) is 0 Å². The molecule has 0 atom stereocenters. The average Bonchev–Trinajstić information content (AvgIpc) is 2.70. The summed E-state index contributed by atoms with van der Waals surface area (Å²) in [7, 11) is 1.46. The van der Waals surface area contributed by atoms with E-state index in [0.29, 0.717) is 26.3 Å². The van der Waals surface area contributed by atoms with Crippen molar-refractivity contribution >= 4 is 51.6 Å². The van der Waals surface area contributed by atoms with Gasteiger partial charge in [0.25, 0.3) is 11.1 Å². The number of methoxy groups -OCH3 is 1. The zero-order chi connectivity index (χ0) is 15.6. The zero-order valence-electron chi connectivity index (χ0n) is 11.6. The summed E-state index contributed by atoms with van der Waals surface area (Å²) in [4.78, 5) is 25.6. The molecule has 1 heterocycles. The Bertz CT molecular complexity index is 630. The first-order valence-electron chi connectivity index (χ1n) is 6.29. The fourth-order valence-electron chi connectivity index (χ4n) is 1.90. The van der Waals surface area contributed by atoms with Crippen LogP contribution in [-0.4, -0.2) is 34.8 Å². The Balaban J connectivity index is 2.35. The quantitative estimate of drug-likeness (QED) is 0.598. The summed E-state index contributed by atoms with van der Waals surface area (Å²) in [6, 6.07) is 3.36. The predicted octanol–water partition coefficient (Wildman–Crippen LogP) is 3.45. The second kappa shape index (κ2) is 6.69. The van der Waals surface area contributed by atoms with Gasteiger partial charge in [-0.1, -0.05) is 6.92 Å². The molecule has 21 heavy (non-hydrogen) atoms. The van der Waals surface area contributed by atoms with Gasteiger partial charge in [0.05, 0.1) is 15.6 Å². The van der Waals surface area contributed by atoms with Crippen LogP contribution in [0.1, 0.15) is 18.9 Å². The van der Waals surface area contributed by atoms with E-state index in [0.717, 1.165) is 18.2 Å². The van der Waals surface area contributed by atoms with Crippen LogP contribution in [0, 0.1) is 3.57 Å². The van der Waals surface area contributed by atoms with Crippen LogP contribution >= 0.6 is 34.4 Å². The highest BCUT2D eigenvalue weighted by Crippen LogP contribution is 2.36. The predicted molar refractivity (Wildman–Crippen MR) is 90.3 cm³/mol. The minimum atomic E-state index is -0.270. The first-order chi connectivity index (χ1) is 9.97. The van der Waals surface area contributed by atoms with Crippen LogP contribution < -0.4 is 4.74 Å². The second-order valence-electron chi connectivity index (χ2n) is 4.39. The fourth-order valence-corrected chi connectivity index (χ4v) is 3.39. The molecule has 0 aromatic heterocycles. The van der Waals surface area contributed by atoms with Crippen LogP contribution in [0.15, 0.2) is 17.0 Å². The Morgan fingerprint density at radius 2 is 2.14 bits per heavy atom. The number of benzene rings is 1. The number of hydrogen-bond acceptors (Lipinski definition) is 5. The van der Waals surface area contributed by atoms with Gasteiger partial charge in [-0.15, -0.1) is 0 Å². The van der Waals surface area contributed by atoms with Crippen LogP contribution in [0.4, 0.5) is 4.79 Å². The highest BCUT2D eigenvalue weighted by Gasteiger charge is 2.34. The number of amides is 2. The Morgan fingerprint density at radius 3 is 2.76 bits per heavy atom. The normalized spacial score (nSPS) is 16.9. The minimum absolute atomic E-state index is 0.0642. The molecule has 1 N–H and O–H groups in total. The molecule has 0 bridgehead atoms.